The summed E-state index contributed by atoms with van der Waals surface area (Å²) < 4.78 is 0. The molecule has 0 saturated heterocycles. The average Bonchev–Trinajstić information content (AvgIpc) is 2.94. The number of carbonyl (C=O) groups is 1. The Labute approximate surface area is 127 Å². The molecule has 0 unspecified atom stereocenters. The van der Waals surface area contributed by atoms with Gasteiger partial charge in [-0.15, -0.1) is 11.3 Å². The van der Waals surface area contributed by atoms with Gasteiger partial charge in [0.15, 0.2) is 5.13 Å². The van der Waals surface area contributed by atoms with E-state index in [1.807, 2.05) is 42.6 Å². The molecule has 1 aromatic heterocycles. The average molecular weight is 306 g/mol. The number of thiazole rings is 1. The topological polar surface area (TPSA) is 42.0 Å². The molecular formula is C15H18N2OS2. The molecule has 2 aromatic rings. The smallest absolute Gasteiger partial charge is 0.229 e. The standard InChI is InChI=1S/C15H18N2OS2/c1-11(8-9-19-2)14(18)17-15-16-13(10-20-15)12-6-4-3-5-7-12/h3-7,10-11H,8-9H2,1-2H3,(H,16,17,18)/t11-/m0/s1. The maximum absolute atomic E-state index is 12.0. The predicted molar refractivity (Wildman–Crippen MR) is 88.3 cm³/mol. The van der Waals surface area contributed by atoms with Crippen molar-refractivity contribution in [3.05, 3.63) is 35.7 Å². The highest BCUT2D eigenvalue weighted by molar-refractivity contribution is 7.98. The number of benzene rings is 1. The molecule has 0 aliphatic rings. The van der Waals surface area contributed by atoms with Crippen LogP contribution < -0.4 is 5.32 Å². The van der Waals surface area contributed by atoms with E-state index in [2.05, 4.69) is 16.6 Å². The third-order valence-corrected chi connectivity index (χ3v) is 4.41. The first-order chi connectivity index (χ1) is 9.70. The molecular weight excluding hydrogens is 288 g/mol. The zero-order chi connectivity index (χ0) is 14.4. The fraction of sp³-hybridized carbons (Fsp3) is 0.333. The molecule has 1 amide bonds. The number of amides is 1. The van der Waals surface area contributed by atoms with Crippen molar-refractivity contribution in [1.82, 2.24) is 4.98 Å². The molecule has 3 nitrogen and oxygen atoms in total. The van der Waals surface area contributed by atoms with E-state index in [9.17, 15) is 4.79 Å². The monoisotopic (exact) mass is 306 g/mol. The lowest BCUT2D eigenvalue weighted by Crippen LogP contribution is -2.20. The first-order valence-electron chi connectivity index (χ1n) is 6.51. The Balaban J connectivity index is 1.98. The maximum atomic E-state index is 12.0. The summed E-state index contributed by atoms with van der Waals surface area (Å²) in [4.78, 5) is 16.5. The van der Waals surface area contributed by atoms with Crippen LogP contribution in [0.3, 0.4) is 0 Å². The van der Waals surface area contributed by atoms with Gasteiger partial charge in [0.25, 0.3) is 0 Å². The number of aromatic nitrogens is 1. The largest absolute Gasteiger partial charge is 0.302 e. The summed E-state index contributed by atoms with van der Waals surface area (Å²) in [6.45, 7) is 1.96. The summed E-state index contributed by atoms with van der Waals surface area (Å²) in [5.74, 6) is 1.07. The van der Waals surface area contributed by atoms with Crippen molar-refractivity contribution in [2.75, 3.05) is 17.3 Å². The second-order valence-electron chi connectivity index (χ2n) is 4.58. The molecule has 1 N–H and O–H groups in total. The molecule has 5 heteroatoms. The summed E-state index contributed by atoms with van der Waals surface area (Å²) in [5, 5.41) is 5.54. The summed E-state index contributed by atoms with van der Waals surface area (Å²) in [6.07, 6.45) is 2.95. The molecule has 0 saturated carbocycles. The Morgan fingerprint density at radius 2 is 2.15 bits per heavy atom. The van der Waals surface area contributed by atoms with E-state index < -0.39 is 0 Å². The van der Waals surface area contributed by atoms with Crippen molar-refractivity contribution in [2.45, 2.75) is 13.3 Å². The van der Waals surface area contributed by atoms with Crippen LogP contribution >= 0.6 is 23.1 Å². The van der Waals surface area contributed by atoms with Crippen molar-refractivity contribution in [3.63, 3.8) is 0 Å². The van der Waals surface area contributed by atoms with E-state index >= 15 is 0 Å². The Morgan fingerprint density at radius 1 is 1.40 bits per heavy atom. The molecule has 0 bridgehead atoms. The zero-order valence-electron chi connectivity index (χ0n) is 11.6. The van der Waals surface area contributed by atoms with Crippen LogP contribution in [-0.4, -0.2) is 22.9 Å². The van der Waals surface area contributed by atoms with Crippen molar-refractivity contribution >= 4 is 34.1 Å². The highest BCUT2D eigenvalue weighted by atomic mass is 32.2. The van der Waals surface area contributed by atoms with Crippen LogP contribution in [0.25, 0.3) is 11.3 Å². The molecule has 0 spiro atoms. The van der Waals surface area contributed by atoms with Crippen LogP contribution in [0.2, 0.25) is 0 Å². The zero-order valence-corrected chi connectivity index (χ0v) is 13.3. The molecule has 106 valence electrons. The summed E-state index contributed by atoms with van der Waals surface area (Å²) >= 11 is 3.23. The molecule has 1 atom stereocenters. The quantitative estimate of drug-likeness (QED) is 0.872. The number of nitrogens with one attached hydrogen (secondary N) is 1. The van der Waals surface area contributed by atoms with Crippen LogP contribution in [0.5, 0.6) is 0 Å². The molecule has 0 aliphatic heterocycles. The number of carbonyl (C=O) groups excluding carboxylic acids is 1. The first kappa shape index (κ1) is 15.1. The molecule has 1 heterocycles. The predicted octanol–water partition coefficient (Wildman–Crippen LogP) is 4.14. The van der Waals surface area contributed by atoms with Crippen LogP contribution in [-0.2, 0) is 4.79 Å². The number of anilines is 1. The lowest BCUT2D eigenvalue weighted by Gasteiger charge is -2.09. The SMILES string of the molecule is CSCC[C@H](C)C(=O)Nc1nc(-c2ccccc2)cs1. The fourth-order valence-electron chi connectivity index (χ4n) is 1.73. The minimum atomic E-state index is 0.0199. The molecule has 2 rings (SSSR count). The number of nitrogens with zero attached hydrogens (tertiary/aromatic N) is 1. The van der Waals surface area contributed by atoms with E-state index in [4.69, 9.17) is 0 Å². The van der Waals surface area contributed by atoms with Gasteiger partial charge in [-0.1, -0.05) is 37.3 Å². The third-order valence-electron chi connectivity index (χ3n) is 3.01. The summed E-state index contributed by atoms with van der Waals surface area (Å²) in [5.41, 5.74) is 1.97. The number of thioether (sulfide) groups is 1. The van der Waals surface area contributed by atoms with Gasteiger partial charge in [-0.2, -0.15) is 11.8 Å². The second-order valence-corrected chi connectivity index (χ2v) is 6.42. The Hall–Kier alpha value is -1.33. The molecule has 20 heavy (non-hydrogen) atoms. The van der Waals surface area contributed by atoms with Gasteiger partial charge in [0.2, 0.25) is 5.91 Å². The van der Waals surface area contributed by atoms with E-state index in [1.54, 1.807) is 11.8 Å². The lowest BCUT2D eigenvalue weighted by atomic mass is 10.1. The maximum Gasteiger partial charge on any atom is 0.229 e. The normalized spacial score (nSPS) is 12.1. The van der Waals surface area contributed by atoms with Gasteiger partial charge >= 0.3 is 0 Å². The lowest BCUT2D eigenvalue weighted by molar-refractivity contribution is -0.119. The van der Waals surface area contributed by atoms with Gasteiger partial charge in [0.05, 0.1) is 5.69 Å². The number of hydrogen-bond acceptors (Lipinski definition) is 4. The number of rotatable bonds is 6. The van der Waals surface area contributed by atoms with Crippen LogP contribution in [0.1, 0.15) is 13.3 Å². The number of hydrogen-bond donors (Lipinski definition) is 1. The van der Waals surface area contributed by atoms with Gasteiger partial charge in [-0.25, -0.2) is 4.98 Å². The molecule has 0 fully saturated rings. The van der Waals surface area contributed by atoms with E-state index in [0.29, 0.717) is 5.13 Å². The minimum Gasteiger partial charge on any atom is -0.302 e. The highest BCUT2D eigenvalue weighted by Crippen LogP contribution is 2.25. The van der Waals surface area contributed by atoms with Crippen molar-refractivity contribution < 1.29 is 4.79 Å². The van der Waals surface area contributed by atoms with Crippen molar-refractivity contribution in [3.8, 4) is 11.3 Å². The molecule has 0 radical (unpaired) electrons. The molecule has 1 aromatic carbocycles. The highest BCUT2D eigenvalue weighted by Gasteiger charge is 2.14. The Kier molecular flexibility index (Phi) is 5.61. The van der Waals surface area contributed by atoms with Crippen molar-refractivity contribution in [2.24, 2.45) is 5.92 Å². The second kappa shape index (κ2) is 7.45. The van der Waals surface area contributed by atoms with Crippen LogP contribution in [0, 0.1) is 5.92 Å². The Morgan fingerprint density at radius 3 is 2.85 bits per heavy atom. The molecule has 0 aliphatic carbocycles. The first-order valence-corrected chi connectivity index (χ1v) is 8.79. The van der Waals surface area contributed by atoms with Crippen LogP contribution in [0.4, 0.5) is 5.13 Å². The Bertz CT molecular complexity index is 554. The van der Waals surface area contributed by atoms with Gasteiger partial charge < -0.3 is 5.32 Å². The summed E-state index contributed by atoms with van der Waals surface area (Å²) in [7, 11) is 0. The van der Waals surface area contributed by atoms with Crippen molar-refractivity contribution in [1.29, 1.82) is 0 Å². The van der Waals surface area contributed by atoms with E-state index in [-0.39, 0.29) is 11.8 Å². The van der Waals surface area contributed by atoms with Crippen LogP contribution in [0.15, 0.2) is 35.7 Å². The van der Waals surface area contributed by atoms with Gasteiger partial charge in [0, 0.05) is 16.9 Å². The van der Waals surface area contributed by atoms with E-state index in [1.165, 1.54) is 11.3 Å². The fourth-order valence-corrected chi connectivity index (χ4v) is 3.04. The van der Waals surface area contributed by atoms with E-state index in [0.717, 1.165) is 23.4 Å². The summed E-state index contributed by atoms with van der Waals surface area (Å²) in [6, 6.07) is 9.98. The van der Waals surface area contributed by atoms with Gasteiger partial charge in [0.1, 0.15) is 0 Å². The minimum absolute atomic E-state index is 0.0199. The van der Waals surface area contributed by atoms with Gasteiger partial charge in [-0.05, 0) is 18.4 Å². The third kappa shape index (κ3) is 4.08. The van der Waals surface area contributed by atoms with Gasteiger partial charge in [-0.3, -0.25) is 4.79 Å².